The molecule has 0 aliphatic carbocycles. The summed E-state index contributed by atoms with van der Waals surface area (Å²) in [5.74, 6) is -0.123. The van der Waals surface area contributed by atoms with Crippen LogP contribution in [-0.2, 0) is 21.4 Å². The molecule has 8 nitrogen and oxygen atoms in total. The van der Waals surface area contributed by atoms with Gasteiger partial charge >= 0.3 is 0 Å². The predicted molar refractivity (Wildman–Crippen MR) is 105 cm³/mol. The van der Waals surface area contributed by atoms with Crippen molar-refractivity contribution < 1.29 is 13.2 Å². The molecule has 1 aliphatic rings. The largest absolute Gasteiger partial charge is 0.325 e. The minimum atomic E-state index is -3.73. The third-order valence-electron chi connectivity index (χ3n) is 4.35. The first-order valence-electron chi connectivity index (χ1n) is 8.58. The summed E-state index contributed by atoms with van der Waals surface area (Å²) in [6.45, 7) is 6.59. The van der Waals surface area contributed by atoms with Gasteiger partial charge in [0.15, 0.2) is 0 Å². The molecule has 1 aromatic heterocycles. The number of sulfonamides is 1. The highest BCUT2D eigenvalue weighted by atomic mass is 32.2. The average molecular weight is 410 g/mol. The first-order valence-corrected chi connectivity index (χ1v) is 11.0. The number of amides is 1. The third-order valence-corrected chi connectivity index (χ3v) is 6.10. The highest BCUT2D eigenvalue weighted by Gasteiger charge is 2.19. The number of rotatable bonds is 6. The topological polar surface area (TPSA) is 109 Å². The number of aryl methyl sites for hydroxylation is 1. The van der Waals surface area contributed by atoms with Crippen LogP contribution in [0.1, 0.15) is 10.7 Å². The van der Waals surface area contributed by atoms with Gasteiger partial charge in [-0.3, -0.25) is 14.6 Å². The van der Waals surface area contributed by atoms with Crippen LogP contribution in [0.4, 0.5) is 5.69 Å². The molecule has 1 saturated heterocycles. The number of hydrogen-bond donors (Lipinski definition) is 2. The lowest BCUT2D eigenvalue weighted by Crippen LogP contribution is -2.48. The van der Waals surface area contributed by atoms with E-state index in [-0.39, 0.29) is 10.8 Å². The molecule has 0 bridgehead atoms. The second-order valence-corrected chi connectivity index (χ2v) is 9.15. The molecule has 0 spiro atoms. The Hall–Kier alpha value is -1.85. The van der Waals surface area contributed by atoms with Crippen molar-refractivity contribution in [2.75, 3.05) is 38.0 Å². The zero-order valence-corrected chi connectivity index (χ0v) is 16.7. The summed E-state index contributed by atoms with van der Waals surface area (Å²) in [6, 6.07) is 5.82. The molecular formula is C17H23N5O3S2. The molecule has 2 heterocycles. The van der Waals surface area contributed by atoms with Crippen LogP contribution in [-0.4, -0.2) is 61.8 Å². The second-order valence-electron chi connectivity index (χ2n) is 6.53. The van der Waals surface area contributed by atoms with Crippen LogP contribution < -0.4 is 10.5 Å². The maximum Gasteiger partial charge on any atom is 0.238 e. The van der Waals surface area contributed by atoms with Crippen LogP contribution in [0.15, 0.2) is 34.5 Å². The molecule has 0 unspecified atom stereocenters. The van der Waals surface area contributed by atoms with E-state index in [4.69, 9.17) is 5.14 Å². The van der Waals surface area contributed by atoms with Gasteiger partial charge in [-0.25, -0.2) is 18.5 Å². The van der Waals surface area contributed by atoms with Crippen molar-refractivity contribution in [3.63, 3.8) is 0 Å². The fourth-order valence-electron chi connectivity index (χ4n) is 2.95. The van der Waals surface area contributed by atoms with E-state index in [1.807, 2.05) is 6.92 Å². The molecule has 0 atom stereocenters. The molecule has 10 heteroatoms. The summed E-state index contributed by atoms with van der Waals surface area (Å²) in [4.78, 5) is 21.2. The third kappa shape index (κ3) is 5.81. The summed E-state index contributed by atoms with van der Waals surface area (Å²) in [5.41, 5.74) is 1.65. The fraction of sp³-hybridized carbons (Fsp3) is 0.412. The van der Waals surface area contributed by atoms with Gasteiger partial charge in [-0.1, -0.05) is 0 Å². The van der Waals surface area contributed by atoms with Crippen LogP contribution in [0.5, 0.6) is 0 Å². The number of primary sulfonamides is 1. The molecule has 0 saturated carbocycles. The van der Waals surface area contributed by atoms with Gasteiger partial charge in [0.05, 0.1) is 22.1 Å². The van der Waals surface area contributed by atoms with Gasteiger partial charge in [-0.15, -0.1) is 11.3 Å². The Morgan fingerprint density at radius 3 is 2.37 bits per heavy atom. The van der Waals surface area contributed by atoms with E-state index in [2.05, 4.69) is 25.5 Å². The molecule has 3 N–H and O–H groups in total. The number of nitrogens with two attached hydrogens (primary N) is 1. The number of aromatic nitrogens is 1. The van der Waals surface area contributed by atoms with Gasteiger partial charge < -0.3 is 5.32 Å². The standard InChI is InChI=1S/C17H23N5O3S2/c1-13-19-15(12-26-13)10-21-6-8-22(9-7-21)11-17(23)20-14-2-4-16(5-3-14)27(18,24)25/h2-5,12H,6-11H2,1H3,(H,20,23)(H2,18,24,25). The smallest absolute Gasteiger partial charge is 0.238 e. The van der Waals surface area contributed by atoms with Crippen LogP contribution in [0.3, 0.4) is 0 Å². The number of benzene rings is 1. The maximum absolute atomic E-state index is 12.2. The molecule has 146 valence electrons. The van der Waals surface area contributed by atoms with Gasteiger partial charge in [0.1, 0.15) is 0 Å². The van der Waals surface area contributed by atoms with Crippen LogP contribution in [0.2, 0.25) is 0 Å². The monoisotopic (exact) mass is 409 g/mol. The van der Waals surface area contributed by atoms with Crippen molar-refractivity contribution in [1.29, 1.82) is 0 Å². The zero-order valence-electron chi connectivity index (χ0n) is 15.1. The minimum absolute atomic E-state index is 0.0203. The van der Waals surface area contributed by atoms with Gasteiger partial charge in [-0.2, -0.15) is 0 Å². The Labute approximate surface area is 163 Å². The summed E-state index contributed by atoms with van der Waals surface area (Å²) in [5, 5.41) is 11.0. The molecule has 1 aromatic carbocycles. The molecule has 0 radical (unpaired) electrons. The Kier molecular flexibility index (Phi) is 6.22. The van der Waals surface area contributed by atoms with E-state index in [1.165, 1.54) is 24.3 Å². The summed E-state index contributed by atoms with van der Waals surface area (Å²) >= 11 is 1.66. The number of nitrogens with zero attached hydrogens (tertiary/aromatic N) is 3. The van der Waals surface area contributed by atoms with Crippen molar-refractivity contribution in [2.24, 2.45) is 5.14 Å². The van der Waals surface area contributed by atoms with E-state index in [9.17, 15) is 13.2 Å². The Balaban J connectivity index is 1.44. The number of anilines is 1. The highest BCUT2D eigenvalue weighted by Crippen LogP contribution is 2.14. The quantitative estimate of drug-likeness (QED) is 0.732. The van der Waals surface area contributed by atoms with E-state index in [0.717, 1.165) is 43.4 Å². The van der Waals surface area contributed by atoms with Gasteiger partial charge in [0.2, 0.25) is 15.9 Å². The first kappa shape index (κ1) is 19.9. The molecule has 2 aromatic rings. The SMILES string of the molecule is Cc1nc(CN2CCN(CC(=O)Nc3ccc(S(N)(=O)=O)cc3)CC2)cs1. The number of carbonyl (C=O) groups is 1. The Bertz CT molecular complexity index is 888. The van der Waals surface area contributed by atoms with E-state index in [0.29, 0.717) is 12.2 Å². The molecule has 1 fully saturated rings. The molecule has 1 aliphatic heterocycles. The van der Waals surface area contributed by atoms with Crippen molar-refractivity contribution in [3.8, 4) is 0 Å². The summed E-state index contributed by atoms with van der Waals surface area (Å²) < 4.78 is 22.5. The van der Waals surface area contributed by atoms with Crippen molar-refractivity contribution >= 4 is 33.0 Å². The van der Waals surface area contributed by atoms with E-state index >= 15 is 0 Å². The van der Waals surface area contributed by atoms with E-state index in [1.54, 1.807) is 11.3 Å². The maximum atomic E-state index is 12.2. The molecule has 1 amide bonds. The molecular weight excluding hydrogens is 386 g/mol. The summed E-state index contributed by atoms with van der Waals surface area (Å²) in [6.07, 6.45) is 0. The lowest BCUT2D eigenvalue weighted by atomic mass is 10.3. The number of thiazole rings is 1. The fourth-order valence-corrected chi connectivity index (χ4v) is 4.07. The van der Waals surface area contributed by atoms with Crippen LogP contribution >= 0.6 is 11.3 Å². The average Bonchev–Trinajstić information content (AvgIpc) is 3.01. The first-order chi connectivity index (χ1) is 12.8. The van der Waals surface area contributed by atoms with Crippen molar-refractivity contribution in [3.05, 3.63) is 40.3 Å². The van der Waals surface area contributed by atoms with Gasteiger partial charge in [-0.05, 0) is 31.2 Å². The highest BCUT2D eigenvalue weighted by molar-refractivity contribution is 7.89. The zero-order chi connectivity index (χ0) is 19.4. The van der Waals surface area contributed by atoms with Crippen LogP contribution in [0, 0.1) is 6.92 Å². The number of carbonyl (C=O) groups excluding carboxylic acids is 1. The lowest BCUT2D eigenvalue weighted by molar-refractivity contribution is -0.117. The molecule has 3 rings (SSSR count). The minimum Gasteiger partial charge on any atom is -0.325 e. The van der Waals surface area contributed by atoms with Gasteiger partial charge in [0, 0.05) is 43.8 Å². The van der Waals surface area contributed by atoms with Crippen molar-refractivity contribution in [1.82, 2.24) is 14.8 Å². The lowest BCUT2D eigenvalue weighted by Gasteiger charge is -2.33. The number of nitrogens with one attached hydrogen (secondary N) is 1. The Morgan fingerprint density at radius 1 is 1.19 bits per heavy atom. The predicted octanol–water partition coefficient (Wildman–Crippen LogP) is 0.855. The summed E-state index contributed by atoms with van der Waals surface area (Å²) in [7, 11) is -3.73. The Morgan fingerprint density at radius 2 is 1.81 bits per heavy atom. The second kappa shape index (κ2) is 8.44. The van der Waals surface area contributed by atoms with Crippen molar-refractivity contribution in [2.45, 2.75) is 18.4 Å². The van der Waals surface area contributed by atoms with Gasteiger partial charge in [0.25, 0.3) is 0 Å². The number of piperazine rings is 1. The normalized spacial score (nSPS) is 16.4. The molecule has 27 heavy (non-hydrogen) atoms. The van der Waals surface area contributed by atoms with Crippen LogP contribution in [0.25, 0.3) is 0 Å². The van der Waals surface area contributed by atoms with E-state index < -0.39 is 10.0 Å². The number of hydrogen-bond acceptors (Lipinski definition) is 7.